The predicted molar refractivity (Wildman–Crippen MR) is 76.3 cm³/mol. The number of furan rings is 1. The van der Waals surface area contributed by atoms with Gasteiger partial charge in [-0.05, 0) is 30.3 Å². The average molecular weight is 290 g/mol. The summed E-state index contributed by atoms with van der Waals surface area (Å²) in [6.07, 6.45) is 1.59. The lowest BCUT2D eigenvalue weighted by molar-refractivity contribution is 0.164. The first-order valence-corrected chi connectivity index (χ1v) is 6.74. The Hall–Kier alpha value is -2.05. The summed E-state index contributed by atoms with van der Waals surface area (Å²) in [6.45, 7) is 0.425. The molecular weight excluding hydrogens is 279 g/mol. The van der Waals surface area contributed by atoms with Crippen molar-refractivity contribution < 1.29 is 13.5 Å². The molecule has 0 amide bonds. The summed E-state index contributed by atoms with van der Waals surface area (Å²) in [7, 11) is 1.61. The van der Waals surface area contributed by atoms with Crippen molar-refractivity contribution in [2.24, 2.45) is 4.99 Å². The van der Waals surface area contributed by atoms with Gasteiger partial charge in [-0.25, -0.2) is 14.4 Å². The van der Waals surface area contributed by atoms with Crippen molar-refractivity contribution in [2.45, 2.75) is 6.61 Å². The number of hydrogen-bond acceptors (Lipinski definition) is 5. The first-order chi connectivity index (χ1) is 9.74. The number of hydrogen-bond donors (Lipinski definition) is 0. The Balaban J connectivity index is 1.82. The number of rotatable bonds is 4. The molecule has 2 heterocycles. The highest BCUT2D eigenvalue weighted by molar-refractivity contribution is 7.22. The molecule has 0 aliphatic heterocycles. The van der Waals surface area contributed by atoms with Gasteiger partial charge in [0.15, 0.2) is 0 Å². The van der Waals surface area contributed by atoms with E-state index in [1.165, 1.54) is 23.5 Å². The molecule has 20 heavy (non-hydrogen) atoms. The summed E-state index contributed by atoms with van der Waals surface area (Å²) >= 11 is 1.33. The molecule has 0 aliphatic rings. The Kier molecular flexibility index (Phi) is 3.58. The lowest BCUT2D eigenvalue weighted by Gasteiger charge is -1.91. The van der Waals surface area contributed by atoms with Crippen molar-refractivity contribution >= 4 is 32.9 Å². The number of halogens is 1. The molecule has 0 aliphatic carbocycles. The molecule has 4 nitrogen and oxygen atoms in total. The van der Waals surface area contributed by atoms with Crippen molar-refractivity contribution in [1.82, 2.24) is 4.98 Å². The second kappa shape index (κ2) is 5.52. The minimum Gasteiger partial charge on any atom is -0.458 e. The van der Waals surface area contributed by atoms with E-state index >= 15 is 0 Å². The molecule has 0 atom stereocenters. The number of methoxy groups -OCH3 is 1. The molecule has 2 aromatic heterocycles. The Bertz CT molecular complexity index is 763. The van der Waals surface area contributed by atoms with E-state index in [0.717, 1.165) is 16.0 Å². The van der Waals surface area contributed by atoms with Crippen molar-refractivity contribution in [3.05, 3.63) is 47.7 Å². The number of nitrogens with zero attached hydrogens (tertiary/aromatic N) is 2. The van der Waals surface area contributed by atoms with Gasteiger partial charge in [0.1, 0.15) is 23.9 Å². The van der Waals surface area contributed by atoms with Crippen LogP contribution in [0.2, 0.25) is 0 Å². The Morgan fingerprint density at radius 3 is 3.15 bits per heavy atom. The molecule has 0 radical (unpaired) electrons. The zero-order valence-corrected chi connectivity index (χ0v) is 11.5. The van der Waals surface area contributed by atoms with Gasteiger partial charge >= 0.3 is 0 Å². The third-order valence-electron chi connectivity index (χ3n) is 2.61. The molecule has 0 fully saturated rings. The summed E-state index contributed by atoms with van der Waals surface area (Å²) in [4.78, 5) is 8.54. The topological polar surface area (TPSA) is 47.6 Å². The van der Waals surface area contributed by atoms with Gasteiger partial charge in [-0.1, -0.05) is 11.3 Å². The SMILES string of the molecule is COCc1ccc(C=Nc2nc3ccc(F)cc3s2)o1. The molecule has 0 bridgehead atoms. The molecule has 3 rings (SSSR count). The maximum Gasteiger partial charge on any atom is 0.210 e. The van der Waals surface area contributed by atoms with Crippen LogP contribution in [0.3, 0.4) is 0 Å². The number of ether oxygens (including phenoxy) is 1. The van der Waals surface area contributed by atoms with E-state index in [-0.39, 0.29) is 5.82 Å². The normalized spacial score (nSPS) is 11.7. The van der Waals surface area contributed by atoms with E-state index in [2.05, 4.69) is 9.98 Å². The Morgan fingerprint density at radius 2 is 2.30 bits per heavy atom. The monoisotopic (exact) mass is 290 g/mol. The van der Waals surface area contributed by atoms with E-state index in [1.807, 2.05) is 12.1 Å². The number of aromatic nitrogens is 1. The molecule has 1 aromatic carbocycles. The number of aliphatic imine (C=N–C) groups is 1. The van der Waals surface area contributed by atoms with E-state index in [9.17, 15) is 4.39 Å². The van der Waals surface area contributed by atoms with Gasteiger partial charge in [-0.15, -0.1) is 0 Å². The van der Waals surface area contributed by atoms with Crippen molar-refractivity contribution in [3.8, 4) is 0 Å². The van der Waals surface area contributed by atoms with Crippen LogP contribution in [0.25, 0.3) is 10.2 Å². The maximum absolute atomic E-state index is 13.1. The number of fused-ring (bicyclic) bond motifs is 1. The fourth-order valence-corrected chi connectivity index (χ4v) is 2.58. The highest BCUT2D eigenvalue weighted by atomic mass is 32.1. The third kappa shape index (κ3) is 2.76. The summed E-state index contributed by atoms with van der Waals surface area (Å²) in [5.74, 6) is 1.09. The lowest BCUT2D eigenvalue weighted by atomic mass is 10.3. The summed E-state index contributed by atoms with van der Waals surface area (Å²) in [5, 5.41) is 0.565. The van der Waals surface area contributed by atoms with Crippen LogP contribution in [0.1, 0.15) is 11.5 Å². The highest BCUT2D eigenvalue weighted by Gasteiger charge is 2.04. The molecule has 3 aromatic rings. The molecule has 0 unspecified atom stereocenters. The van der Waals surface area contributed by atoms with Crippen molar-refractivity contribution in [3.63, 3.8) is 0 Å². The first-order valence-electron chi connectivity index (χ1n) is 5.92. The number of thiazole rings is 1. The Labute approximate surface area is 118 Å². The zero-order valence-electron chi connectivity index (χ0n) is 10.7. The lowest BCUT2D eigenvalue weighted by Crippen LogP contribution is -1.82. The van der Waals surface area contributed by atoms with E-state index in [1.54, 1.807) is 19.4 Å². The van der Waals surface area contributed by atoms with Crippen LogP contribution in [-0.2, 0) is 11.3 Å². The summed E-state index contributed by atoms with van der Waals surface area (Å²) in [6, 6.07) is 8.13. The van der Waals surface area contributed by atoms with Gasteiger partial charge in [0.05, 0.1) is 16.4 Å². The Morgan fingerprint density at radius 1 is 1.40 bits per heavy atom. The van der Waals surface area contributed by atoms with Gasteiger partial charge in [0, 0.05) is 7.11 Å². The van der Waals surface area contributed by atoms with Crippen LogP contribution in [0.4, 0.5) is 9.52 Å². The smallest absolute Gasteiger partial charge is 0.210 e. The minimum absolute atomic E-state index is 0.271. The van der Waals surface area contributed by atoms with Crippen LogP contribution in [0.15, 0.2) is 39.7 Å². The fourth-order valence-electron chi connectivity index (χ4n) is 1.74. The molecular formula is C14H11FN2O2S. The van der Waals surface area contributed by atoms with Crippen LogP contribution < -0.4 is 0 Å². The largest absolute Gasteiger partial charge is 0.458 e. The molecule has 0 saturated heterocycles. The van der Waals surface area contributed by atoms with E-state index in [0.29, 0.717) is 17.5 Å². The highest BCUT2D eigenvalue weighted by Crippen LogP contribution is 2.28. The molecule has 102 valence electrons. The molecule has 0 N–H and O–H groups in total. The van der Waals surface area contributed by atoms with Crippen LogP contribution in [0.5, 0.6) is 0 Å². The van der Waals surface area contributed by atoms with Gasteiger partial charge in [0.25, 0.3) is 0 Å². The van der Waals surface area contributed by atoms with Crippen LogP contribution in [-0.4, -0.2) is 18.3 Å². The minimum atomic E-state index is -0.271. The van der Waals surface area contributed by atoms with Gasteiger partial charge in [-0.2, -0.15) is 0 Å². The number of benzene rings is 1. The summed E-state index contributed by atoms with van der Waals surface area (Å²) in [5.41, 5.74) is 0.739. The fraction of sp³-hybridized carbons (Fsp3) is 0.143. The van der Waals surface area contributed by atoms with Gasteiger partial charge in [0.2, 0.25) is 5.13 Å². The predicted octanol–water partition coefficient (Wildman–Crippen LogP) is 3.93. The standard InChI is InChI=1S/C14H11FN2O2S/c1-18-8-11-4-3-10(19-11)7-16-14-17-12-5-2-9(15)6-13(12)20-14/h2-7H,8H2,1H3. The van der Waals surface area contributed by atoms with Crippen LogP contribution in [0, 0.1) is 5.82 Å². The zero-order chi connectivity index (χ0) is 13.9. The maximum atomic E-state index is 13.1. The van der Waals surface area contributed by atoms with E-state index in [4.69, 9.17) is 9.15 Å². The molecule has 0 saturated carbocycles. The summed E-state index contributed by atoms with van der Waals surface area (Å²) < 4.78 is 24.3. The van der Waals surface area contributed by atoms with Crippen molar-refractivity contribution in [1.29, 1.82) is 0 Å². The quantitative estimate of drug-likeness (QED) is 0.684. The second-order valence-corrected chi connectivity index (χ2v) is 5.11. The second-order valence-electron chi connectivity index (χ2n) is 4.10. The first kappa shape index (κ1) is 13.0. The average Bonchev–Trinajstić information content (AvgIpc) is 3.02. The molecule has 6 heteroatoms. The van der Waals surface area contributed by atoms with Crippen molar-refractivity contribution in [2.75, 3.05) is 7.11 Å². The molecule has 0 spiro atoms. The third-order valence-corrected chi connectivity index (χ3v) is 3.54. The van der Waals surface area contributed by atoms with Gasteiger partial charge in [-0.3, -0.25) is 0 Å². The van der Waals surface area contributed by atoms with Crippen LogP contribution >= 0.6 is 11.3 Å². The van der Waals surface area contributed by atoms with Gasteiger partial charge < -0.3 is 9.15 Å². The van der Waals surface area contributed by atoms with E-state index < -0.39 is 0 Å².